The molecule has 0 saturated carbocycles. The number of nitrogens with zero attached hydrogens (tertiary/aromatic N) is 1. The quantitative estimate of drug-likeness (QED) is 0.598. The normalized spacial score (nSPS) is 10.7. The van der Waals surface area contributed by atoms with Gasteiger partial charge >= 0.3 is 0 Å². The van der Waals surface area contributed by atoms with Gasteiger partial charge in [0.05, 0.1) is 13.0 Å². The van der Waals surface area contributed by atoms with Gasteiger partial charge in [-0.05, 0) is 6.07 Å². The van der Waals surface area contributed by atoms with Crippen LogP contribution in [0.1, 0.15) is 17.7 Å². The van der Waals surface area contributed by atoms with Gasteiger partial charge in [-0.2, -0.15) is 0 Å². The summed E-state index contributed by atoms with van der Waals surface area (Å²) in [6, 6.07) is 1.18. The topological polar surface area (TPSA) is 22.1 Å². The van der Waals surface area contributed by atoms with E-state index in [0.29, 0.717) is 5.56 Å². The molecule has 1 heterocycles. The van der Waals surface area contributed by atoms with E-state index in [9.17, 15) is 8.78 Å². The first-order valence-corrected chi connectivity index (χ1v) is 4.58. The Hall–Kier alpha value is -0.610. The van der Waals surface area contributed by atoms with Crippen LogP contribution < -0.4 is 4.74 Å². The zero-order valence-corrected chi connectivity index (χ0v) is 8.74. The minimum atomic E-state index is -2.67. The summed E-state index contributed by atoms with van der Waals surface area (Å²) in [5.74, 6) is 0.288. The first-order chi connectivity index (χ1) is 6.60. The number of methoxy groups -OCH3 is 1. The third kappa shape index (κ3) is 2.25. The predicted molar refractivity (Wildman–Crippen MR) is 50.3 cm³/mol. The fourth-order valence-electron chi connectivity index (χ4n) is 0.999. The van der Waals surface area contributed by atoms with Crippen molar-refractivity contribution in [3.8, 4) is 5.75 Å². The lowest BCUT2D eigenvalue weighted by atomic mass is 10.2. The number of hydrogen-bond acceptors (Lipinski definition) is 2. The Morgan fingerprint density at radius 3 is 2.64 bits per heavy atom. The minimum absolute atomic E-state index is 0.0468. The summed E-state index contributed by atoms with van der Waals surface area (Å²) in [6.07, 6.45) is -2.67. The number of halogens is 4. The molecule has 0 aliphatic heterocycles. The number of hydrogen-bond donors (Lipinski definition) is 0. The lowest BCUT2D eigenvalue weighted by Gasteiger charge is -2.09. The lowest BCUT2D eigenvalue weighted by molar-refractivity contribution is 0.146. The van der Waals surface area contributed by atoms with Gasteiger partial charge in [0.1, 0.15) is 5.69 Å². The third-order valence-electron chi connectivity index (χ3n) is 1.60. The molecular formula is C8H7Cl2F2NO. The second-order valence-corrected chi connectivity index (χ2v) is 3.09. The molecule has 0 radical (unpaired) electrons. The Balaban J connectivity index is 3.24. The zero-order valence-electron chi connectivity index (χ0n) is 7.23. The number of rotatable bonds is 3. The Labute approximate surface area is 89.8 Å². The molecule has 0 atom stereocenters. The summed E-state index contributed by atoms with van der Waals surface area (Å²) in [7, 11) is 1.38. The van der Waals surface area contributed by atoms with E-state index in [-0.39, 0.29) is 16.8 Å². The van der Waals surface area contributed by atoms with E-state index in [1.54, 1.807) is 0 Å². The van der Waals surface area contributed by atoms with Crippen LogP contribution in [0.2, 0.25) is 5.15 Å². The molecule has 0 aliphatic carbocycles. The standard InChI is InChI=1S/C8H7Cl2F2NO/c1-14-6-4(3-9)2-5(8(11)12)13-7(6)10/h2,8H,3H2,1H3. The molecule has 2 nitrogen and oxygen atoms in total. The second kappa shape index (κ2) is 4.75. The van der Waals surface area contributed by atoms with Gasteiger partial charge < -0.3 is 4.74 Å². The van der Waals surface area contributed by atoms with Gasteiger partial charge in [0.25, 0.3) is 6.43 Å². The van der Waals surface area contributed by atoms with Crippen LogP contribution in [0.15, 0.2) is 6.07 Å². The van der Waals surface area contributed by atoms with Gasteiger partial charge in [-0.15, -0.1) is 11.6 Å². The van der Waals surface area contributed by atoms with E-state index >= 15 is 0 Å². The Bertz CT molecular complexity index is 333. The molecule has 0 aromatic carbocycles. The van der Waals surface area contributed by atoms with Crippen LogP contribution >= 0.6 is 23.2 Å². The van der Waals surface area contributed by atoms with Gasteiger partial charge in [0.15, 0.2) is 10.9 Å². The van der Waals surface area contributed by atoms with Crippen LogP contribution in [0.5, 0.6) is 5.75 Å². The van der Waals surface area contributed by atoms with Gasteiger partial charge in [0.2, 0.25) is 0 Å². The van der Waals surface area contributed by atoms with Crippen molar-refractivity contribution in [3.63, 3.8) is 0 Å². The van der Waals surface area contributed by atoms with E-state index in [2.05, 4.69) is 4.98 Å². The maximum atomic E-state index is 12.3. The predicted octanol–water partition coefficient (Wildman–Crippen LogP) is 3.42. The second-order valence-electron chi connectivity index (χ2n) is 2.46. The number of aromatic nitrogens is 1. The molecule has 0 unspecified atom stereocenters. The van der Waals surface area contributed by atoms with Crippen molar-refractivity contribution in [1.29, 1.82) is 0 Å². The Morgan fingerprint density at radius 2 is 2.21 bits per heavy atom. The van der Waals surface area contributed by atoms with Crippen molar-refractivity contribution in [2.45, 2.75) is 12.3 Å². The monoisotopic (exact) mass is 241 g/mol. The minimum Gasteiger partial charge on any atom is -0.493 e. The molecule has 14 heavy (non-hydrogen) atoms. The summed E-state index contributed by atoms with van der Waals surface area (Å²) in [6.45, 7) is 0. The third-order valence-corrected chi connectivity index (χ3v) is 2.14. The first kappa shape index (κ1) is 11.5. The van der Waals surface area contributed by atoms with Crippen molar-refractivity contribution in [2.24, 2.45) is 0 Å². The SMILES string of the molecule is COc1c(CCl)cc(C(F)F)nc1Cl. The number of alkyl halides is 3. The van der Waals surface area contributed by atoms with Crippen LogP contribution in [0.3, 0.4) is 0 Å². The van der Waals surface area contributed by atoms with E-state index in [1.807, 2.05) is 0 Å². The van der Waals surface area contributed by atoms with Crippen LogP contribution in [0.25, 0.3) is 0 Å². The summed E-state index contributed by atoms with van der Waals surface area (Å²) in [5, 5.41) is -0.0963. The lowest BCUT2D eigenvalue weighted by Crippen LogP contribution is -1.98. The molecule has 0 aliphatic rings. The average Bonchev–Trinajstić information content (AvgIpc) is 2.16. The largest absolute Gasteiger partial charge is 0.493 e. The van der Waals surface area contributed by atoms with Gasteiger partial charge in [0, 0.05) is 5.56 Å². The van der Waals surface area contributed by atoms with Crippen molar-refractivity contribution in [2.75, 3.05) is 7.11 Å². The summed E-state index contributed by atoms with van der Waals surface area (Å²) < 4.78 is 29.5. The molecule has 6 heteroatoms. The van der Waals surface area contributed by atoms with Crippen LogP contribution in [-0.2, 0) is 5.88 Å². The van der Waals surface area contributed by atoms with Gasteiger partial charge in [-0.1, -0.05) is 11.6 Å². The van der Waals surface area contributed by atoms with Crippen molar-refractivity contribution in [3.05, 3.63) is 22.5 Å². The van der Waals surface area contributed by atoms with Gasteiger partial charge in [-0.25, -0.2) is 13.8 Å². The smallest absolute Gasteiger partial charge is 0.280 e. The van der Waals surface area contributed by atoms with Crippen LogP contribution in [0.4, 0.5) is 8.78 Å². The molecular weight excluding hydrogens is 235 g/mol. The molecule has 1 rings (SSSR count). The molecule has 0 spiro atoms. The fourth-order valence-corrected chi connectivity index (χ4v) is 1.49. The highest BCUT2D eigenvalue weighted by atomic mass is 35.5. The molecule has 1 aromatic rings. The van der Waals surface area contributed by atoms with Crippen LogP contribution in [-0.4, -0.2) is 12.1 Å². The van der Waals surface area contributed by atoms with E-state index in [1.165, 1.54) is 13.2 Å². The van der Waals surface area contributed by atoms with E-state index in [4.69, 9.17) is 27.9 Å². The summed E-state index contributed by atoms with van der Waals surface area (Å²) >= 11 is 11.2. The zero-order chi connectivity index (χ0) is 10.7. The maximum Gasteiger partial charge on any atom is 0.280 e. The summed E-state index contributed by atoms with van der Waals surface area (Å²) in [4.78, 5) is 3.48. The highest BCUT2D eigenvalue weighted by molar-refractivity contribution is 6.31. The first-order valence-electron chi connectivity index (χ1n) is 3.67. The fraction of sp³-hybridized carbons (Fsp3) is 0.375. The van der Waals surface area contributed by atoms with Crippen molar-refractivity contribution in [1.82, 2.24) is 4.98 Å². The molecule has 0 N–H and O–H groups in total. The Kier molecular flexibility index (Phi) is 3.89. The van der Waals surface area contributed by atoms with E-state index < -0.39 is 12.1 Å². The molecule has 0 amide bonds. The maximum absolute atomic E-state index is 12.3. The Morgan fingerprint density at radius 1 is 1.57 bits per heavy atom. The van der Waals surface area contributed by atoms with E-state index in [0.717, 1.165) is 0 Å². The molecule has 1 aromatic heterocycles. The average molecular weight is 242 g/mol. The number of pyridine rings is 1. The highest BCUT2D eigenvalue weighted by Gasteiger charge is 2.16. The number of ether oxygens (including phenoxy) is 1. The molecule has 78 valence electrons. The summed E-state index contributed by atoms with van der Waals surface area (Å²) in [5.41, 5.74) is 0.0101. The van der Waals surface area contributed by atoms with Crippen molar-refractivity contribution >= 4 is 23.2 Å². The highest BCUT2D eigenvalue weighted by Crippen LogP contribution is 2.31. The molecule has 0 saturated heterocycles. The van der Waals surface area contributed by atoms with Gasteiger partial charge in [-0.3, -0.25) is 0 Å². The van der Waals surface area contributed by atoms with Crippen molar-refractivity contribution < 1.29 is 13.5 Å². The molecule has 0 bridgehead atoms. The molecule has 0 fully saturated rings. The van der Waals surface area contributed by atoms with Crippen LogP contribution in [0, 0.1) is 0 Å².